The molecule has 3 aromatic rings. The summed E-state index contributed by atoms with van der Waals surface area (Å²) in [6.45, 7) is 2.10. The molecule has 5 nitrogen and oxygen atoms in total. The lowest BCUT2D eigenvalue weighted by molar-refractivity contribution is 0.264. The maximum absolute atomic E-state index is 13.2. The van der Waals surface area contributed by atoms with E-state index < -0.39 is 9.84 Å². The van der Waals surface area contributed by atoms with Crippen molar-refractivity contribution in [2.45, 2.75) is 28.7 Å². The Morgan fingerprint density at radius 3 is 2.70 bits per heavy atom. The van der Waals surface area contributed by atoms with Gasteiger partial charge >= 0.3 is 0 Å². The Hall–Kier alpha value is -2.02. The molecule has 0 amide bonds. The van der Waals surface area contributed by atoms with Gasteiger partial charge in [-0.2, -0.15) is 0 Å². The fraction of sp³-hybridized carbons (Fsp3) is 0.300. The van der Waals surface area contributed by atoms with Crippen molar-refractivity contribution in [2.75, 3.05) is 25.5 Å². The summed E-state index contributed by atoms with van der Waals surface area (Å²) in [6.07, 6.45) is 3.64. The molecule has 142 valence electrons. The minimum Gasteiger partial charge on any atom is -0.382 e. The number of piperidine rings is 1. The van der Waals surface area contributed by atoms with Crippen molar-refractivity contribution in [3.05, 3.63) is 53.7 Å². The van der Waals surface area contributed by atoms with Gasteiger partial charge in [-0.25, -0.2) is 8.42 Å². The second-order valence-electron chi connectivity index (χ2n) is 7.10. The van der Waals surface area contributed by atoms with Gasteiger partial charge in [0.25, 0.3) is 0 Å². The maximum Gasteiger partial charge on any atom is 0.208 e. The first kappa shape index (κ1) is 18.3. The van der Waals surface area contributed by atoms with Crippen LogP contribution in [0.4, 0.5) is 5.69 Å². The highest BCUT2D eigenvalue weighted by Gasteiger charge is 2.23. The molecule has 0 aliphatic carbocycles. The molecule has 2 N–H and O–H groups in total. The van der Waals surface area contributed by atoms with E-state index in [9.17, 15) is 8.42 Å². The Bertz CT molecular complexity index is 1070. The summed E-state index contributed by atoms with van der Waals surface area (Å²) in [6, 6.07) is 12.6. The van der Waals surface area contributed by atoms with Gasteiger partial charge in [-0.1, -0.05) is 23.7 Å². The Morgan fingerprint density at radius 1 is 1.15 bits per heavy atom. The number of likely N-dealkylation sites (tertiary alicyclic amines) is 1. The normalized spacial score (nSPS) is 16.7. The number of anilines is 1. The molecule has 1 aromatic heterocycles. The van der Waals surface area contributed by atoms with E-state index in [1.807, 2.05) is 6.07 Å². The highest BCUT2D eigenvalue weighted by atomic mass is 35.5. The highest BCUT2D eigenvalue weighted by molar-refractivity contribution is 7.91. The zero-order valence-corrected chi connectivity index (χ0v) is 16.6. The van der Waals surface area contributed by atoms with Crippen LogP contribution in [0.15, 0.2) is 58.5 Å². The van der Waals surface area contributed by atoms with Gasteiger partial charge in [0.05, 0.1) is 9.79 Å². The van der Waals surface area contributed by atoms with Crippen LogP contribution in [0.2, 0.25) is 5.02 Å². The Labute approximate surface area is 164 Å². The Kier molecular flexibility index (Phi) is 4.88. The fourth-order valence-corrected chi connectivity index (χ4v) is 5.21. The van der Waals surface area contributed by atoms with Crippen LogP contribution in [0.3, 0.4) is 0 Å². The van der Waals surface area contributed by atoms with Crippen molar-refractivity contribution in [1.82, 2.24) is 9.88 Å². The molecule has 1 fully saturated rings. The molecular formula is C20H22ClN3O2S. The predicted molar refractivity (Wildman–Crippen MR) is 109 cm³/mol. The summed E-state index contributed by atoms with van der Waals surface area (Å²) < 4.78 is 26.4. The van der Waals surface area contributed by atoms with E-state index in [2.05, 4.69) is 22.2 Å². The lowest BCUT2D eigenvalue weighted by Crippen LogP contribution is -2.36. The second kappa shape index (κ2) is 7.19. The van der Waals surface area contributed by atoms with Gasteiger partial charge in [0.15, 0.2) is 0 Å². The van der Waals surface area contributed by atoms with Crippen LogP contribution < -0.4 is 5.32 Å². The zero-order valence-electron chi connectivity index (χ0n) is 15.1. The number of fused-ring (bicyclic) bond motifs is 1. The number of hydrogen-bond donors (Lipinski definition) is 2. The summed E-state index contributed by atoms with van der Waals surface area (Å²) in [7, 11) is -1.51. The summed E-state index contributed by atoms with van der Waals surface area (Å²) in [5, 5.41) is 4.70. The summed E-state index contributed by atoms with van der Waals surface area (Å²) >= 11 is 6.00. The molecule has 1 aliphatic heterocycles. The van der Waals surface area contributed by atoms with Crippen LogP contribution in [-0.2, 0) is 9.84 Å². The standard InChI is InChI=1S/C20H22ClN3O2S/c1-24-9-7-15(8-10-24)23-16-3-2-4-17(12-16)27(25,26)20-13-22-19-11-14(21)5-6-18(19)20/h2-6,11-13,15,22-23H,7-10H2,1H3. The van der Waals surface area contributed by atoms with Gasteiger partial charge < -0.3 is 15.2 Å². The van der Waals surface area contributed by atoms with Crippen molar-refractivity contribution in [3.63, 3.8) is 0 Å². The number of nitrogens with one attached hydrogen (secondary N) is 2. The lowest BCUT2D eigenvalue weighted by Gasteiger charge is -2.30. The SMILES string of the molecule is CN1CCC(Nc2cccc(S(=O)(=O)c3c[nH]c4cc(Cl)ccc34)c2)CC1. The van der Waals surface area contributed by atoms with E-state index in [4.69, 9.17) is 11.6 Å². The average Bonchev–Trinajstić information content (AvgIpc) is 3.07. The highest BCUT2D eigenvalue weighted by Crippen LogP contribution is 2.31. The minimum absolute atomic E-state index is 0.269. The Balaban J connectivity index is 1.64. The van der Waals surface area contributed by atoms with Gasteiger partial charge in [-0.15, -0.1) is 0 Å². The van der Waals surface area contributed by atoms with E-state index in [0.717, 1.165) is 31.6 Å². The quantitative estimate of drug-likeness (QED) is 0.686. The van der Waals surface area contributed by atoms with Crippen LogP contribution >= 0.6 is 11.6 Å². The van der Waals surface area contributed by atoms with E-state index in [0.29, 0.717) is 22.0 Å². The number of benzene rings is 2. The average molecular weight is 404 g/mol. The molecule has 7 heteroatoms. The van der Waals surface area contributed by atoms with Gasteiger partial charge in [0.1, 0.15) is 0 Å². The third-order valence-corrected chi connectivity index (χ3v) is 7.16. The third-order valence-electron chi connectivity index (χ3n) is 5.13. The molecule has 0 spiro atoms. The molecule has 0 radical (unpaired) electrons. The van der Waals surface area contributed by atoms with E-state index >= 15 is 0 Å². The van der Waals surface area contributed by atoms with Crippen molar-refractivity contribution < 1.29 is 8.42 Å². The van der Waals surface area contributed by atoms with E-state index in [1.54, 1.807) is 36.4 Å². The van der Waals surface area contributed by atoms with Crippen LogP contribution in [0.5, 0.6) is 0 Å². The van der Waals surface area contributed by atoms with Gasteiger partial charge in [0, 0.05) is 33.9 Å². The molecule has 27 heavy (non-hydrogen) atoms. The number of hydrogen-bond acceptors (Lipinski definition) is 4. The molecule has 1 saturated heterocycles. The lowest BCUT2D eigenvalue weighted by atomic mass is 10.1. The second-order valence-corrected chi connectivity index (χ2v) is 9.45. The summed E-state index contributed by atoms with van der Waals surface area (Å²) in [5.74, 6) is 0. The number of rotatable bonds is 4. The Morgan fingerprint density at radius 2 is 1.93 bits per heavy atom. The summed E-state index contributed by atoms with van der Waals surface area (Å²) in [5.41, 5.74) is 1.55. The van der Waals surface area contributed by atoms with Crippen LogP contribution in [-0.4, -0.2) is 44.5 Å². The first-order valence-corrected chi connectivity index (χ1v) is 10.9. The first-order chi connectivity index (χ1) is 12.9. The van der Waals surface area contributed by atoms with Crippen molar-refractivity contribution in [3.8, 4) is 0 Å². The number of aromatic amines is 1. The van der Waals surface area contributed by atoms with Crippen molar-refractivity contribution >= 4 is 38.0 Å². The monoisotopic (exact) mass is 403 g/mol. The number of nitrogens with zero attached hydrogens (tertiary/aromatic N) is 1. The largest absolute Gasteiger partial charge is 0.382 e. The minimum atomic E-state index is -3.63. The first-order valence-electron chi connectivity index (χ1n) is 9.00. The van der Waals surface area contributed by atoms with Gasteiger partial charge in [-0.05, 0) is 63.3 Å². The molecule has 4 rings (SSSR count). The summed E-state index contributed by atoms with van der Waals surface area (Å²) in [4.78, 5) is 5.87. The number of H-pyrrole nitrogens is 1. The van der Waals surface area contributed by atoms with E-state index in [-0.39, 0.29) is 9.79 Å². The third kappa shape index (κ3) is 3.70. The molecule has 0 unspecified atom stereocenters. The topological polar surface area (TPSA) is 65.2 Å². The van der Waals surface area contributed by atoms with Crippen molar-refractivity contribution in [1.29, 1.82) is 0 Å². The fourth-order valence-electron chi connectivity index (χ4n) is 3.56. The molecule has 1 aliphatic rings. The zero-order chi connectivity index (χ0) is 19.0. The van der Waals surface area contributed by atoms with Crippen LogP contribution in [0, 0.1) is 0 Å². The van der Waals surface area contributed by atoms with Gasteiger partial charge in [0.2, 0.25) is 9.84 Å². The molecule has 2 heterocycles. The smallest absolute Gasteiger partial charge is 0.208 e. The molecular weight excluding hydrogens is 382 g/mol. The maximum atomic E-state index is 13.2. The predicted octanol–water partition coefficient (Wildman–Crippen LogP) is 4.16. The molecule has 0 saturated carbocycles. The van der Waals surface area contributed by atoms with Crippen molar-refractivity contribution in [2.24, 2.45) is 0 Å². The van der Waals surface area contributed by atoms with E-state index in [1.165, 1.54) is 6.20 Å². The van der Waals surface area contributed by atoms with Gasteiger partial charge in [-0.3, -0.25) is 0 Å². The molecule has 0 bridgehead atoms. The molecule has 0 atom stereocenters. The van der Waals surface area contributed by atoms with Crippen LogP contribution in [0.25, 0.3) is 10.9 Å². The number of halogens is 1. The number of aromatic nitrogens is 1. The number of sulfone groups is 1. The molecule has 2 aromatic carbocycles. The van der Waals surface area contributed by atoms with Crippen LogP contribution in [0.1, 0.15) is 12.8 Å².